The van der Waals surface area contributed by atoms with E-state index >= 15 is 0 Å². The summed E-state index contributed by atoms with van der Waals surface area (Å²) < 4.78 is 16.3. The van der Waals surface area contributed by atoms with Gasteiger partial charge in [0.1, 0.15) is 13.2 Å². The summed E-state index contributed by atoms with van der Waals surface area (Å²) in [7, 11) is 0. The van der Waals surface area contributed by atoms with Gasteiger partial charge >= 0.3 is 0 Å². The Hall–Kier alpha value is -2.54. The van der Waals surface area contributed by atoms with Crippen molar-refractivity contribution in [1.29, 1.82) is 0 Å². The zero-order valence-corrected chi connectivity index (χ0v) is 13.7. The van der Waals surface area contributed by atoms with Crippen molar-refractivity contribution >= 4 is 22.4 Å². The smallest absolute Gasteiger partial charge is 0.256 e. The number of nitrogens with zero attached hydrogens (tertiary/aromatic N) is 1. The van der Waals surface area contributed by atoms with Gasteiger partial charge in [0.2, 0.25) is 0 Å². The standard InChI is InChI=1S/C17H16N2O4S/c20-16(12-2-1-5-21-9-12)19-17-18-13(10-24-17)11-3-4-14-15(8-11)23-7-6-22-14/h3-4,8-10H,1-2,5-7H2,(H,18,19,20). The van der Waals surface area contributed by atoms with Crippen molar-refractivity contribution in [3.63, 3.8) is 0 Å². The summed E-state index contributed by atoms with van der Waals surface area (Å²) in [6.45, 7) is 1.78. The number of thiazole rings is 1. The molecule has 24 heavy (non-hydrogen) atoms. The summed E-state index contributed by atoms with van der Waals surface area (Å²) >= 11 is 1.39. The van der Waals surface area contributed by atoms with Crippen LogP contribution in [0.1, 0.15) is 12.8 Å². The van der Waals surface area contributed by atoms with E-state index in [2.05, 4.69) is 10.3 Å². The molecule has 0 atom stereocenters. The van der Waals surface area contributed by atoms with E-state index in [1.807, 2.05) is 23.6 Å². The molecule has 0 fully saturated rings. The van der Waals surface area contributed by atoms with Gasteiger partial charge in [-0.2, -0.15) is 0 Å². The van der Waals surface area contributed by atoms with Gasteiger partial charge in [-0.05, 0) is 31.0 Å². The van der Waals surface area contributed by atoms with Crippen LogP contribution in [0, 0.1) is 0 Å². The Morgan fingerprint density at radius 1 is 1.17 bits per heavy atom. The zero-order chi connectivity index (χ0) is 16.4. The van der Waals surface area contributed by atoms with Gasteiger partial charge in [0.25, 0.3) is 5.91 Å². The van der Waals surface area contributed by atoms with Crippen LogP contribution in [0.5, 0.6) is 11.5 Å². The topological polar surface area (TPSA) is 69.7 Å². The van der Waals surface area contributed by atoms with Crippen LogP contribution >= 0.6 is 11.3 Å². The molecule has 0 saturated heterocycles. The third-order valence-corrected chi connectivity index (χ3v) is 4.55. The molecule has 2 aliphatic rings. The summed E-state index contributed by atoms with van der Waals surface area (Å²) in [5.74, 6) is 1.32. The fourth-order valence-corrected chi connectivity index (χ4v) is 3.29. The monoisotopic (exact) mass is 344 g/mol. The second kappa shape index (κ2) is 6.52. The van der Waals surface area contributed by atoms with Crippen LogP contribution in [-0.2, 0) is 9.53 Å². The fraction of sp³-hybridized carbons (Fsp3) is 0.294. The van der Waals surface area contributed by atoms with Gasteiger partial charge in [0, 0.05) is 10.9 Å². The van der Waals surface area contributed by atoms with E-state index in [0.717, 1.165) is 35.6 Å². The number of carbonyl (C=O) groups excluding carboxylic acids is 1. The number of rotatable bonds is 3. The lowest BCUT2D eigenvalue weighted by molar-refractivity contribution is -0.113. The molecule has 0 saturated carbocycles. The van der Waals surface area contributed by atoms with E-state index in [9.17, 15) is 4.79 Å². The molecule has 4 rings (SSSR count). The Bertz CT molecular complexity index is 800. The van der Waals surface area contributed by atoms with Gasteiger partial charge in [-0.15, -0.1) is 11.3 Å². The average molecular weight is 344 g/mol. The minimum Gasteiger partial charge on any atom is -0.501 e. The SMILES string of the molecule is O=C(Nc1nc(-c2ccc3c(c2)OCCO3)cs1)C1=COCCC1. The first kappa shape index (κ1) is 15.0. The Morgan fingerprint density at radius 2 is 2.04 bits per heavy atom. The predicted octanol–water partition coefficient (Wildman–Crippen LogP) is 3.21. The molecule has 1 N–H and O–H groups in total. The number of carbonyl (C=O) groups is 1. The highest BCUT2D eigenvalue weighted by Gasteiger charge is 2.17. The van der Waals surface area contributed by atoms with E-state index in [0.29, 0.717) is 30.5 Å². The summed E-state index contributed by atoms with van der Waals surface area (Å²) in [5, 5.41) is 5.30. The maximum atomic E-state index is 12.2. The minimum absolute atomic E-state index is 0.155. The lowest BCUT2D eigenvalue weighted by atomic mass is 10.1. The fourth-order valence-electron chi connectivity index (χ4n) is 2.58. The highest BCUT2D eigenvalue weighted by Crippen LogP contribution is 2.35. The number of amides is 1. The number of hydrogen-bond acceptors (Lipinski definition) is 6. The number of benzene rings is 1. The molecular formula is C17H16N2O4S. The van der Waals surface area contributed by atoms with Gasteiger partial charge in [0.05, 0.1) is 24.1 Å². The van der Waals surface area contributed by atoms with Crippen molar-refractivity contribution < 1.29 is 19.0 Å². The molecule has 1 amide bonds. The molecule has 1 aromatic carbocycles. The van der Waals surface area contributed by atoms with Crippen molar-refractivity contribution in [2.45, 2.75) is 12.8 Å². The van der Waals surface area contributed by atoms with Crippen LogP contribution < -0.4 is 14.8 Å². The minimum atomic E-state index is -0.155. The molecule has 6 nitrogen and oxygen atoms in total. The molecule has 3 heterocycles. The molecule has 0 aliphatic carbocycles. The number of anilines is 1. The highest BCUT2D eigenvalue weighted by molar-refractivity contribution is 7.14. The number of hydrogen-bond donors (Lipinski definition) is 1. The van der Waals surface area contributed by atoms with E-state index in [4.69, 9.17) is 14.2 Å². The van der Waals surface area contributed by atoms with Crippen molar-refractivity contribution in [1.82, 2.24) is 4.98 Å². The Balaban J connectivity index is 1.50. The third-order valence-electron chi connectivity index (χ3n) is 3.79. The summed E-state index contributed by atoms with van der Waals surface area (Å²) in [6.07, 6.45) is 3.12. The van der Waals surface area contributed by atoms with Gasteiger partial charge in [-0.3, -0.25) is 10.1 Å². The number of fused-ring (bicyclic) bond motifs is 1. The first-order chi connectivity index (χ1) is 11.8. The Morgan fingerprint density at radius 3 is 2.88 bits per heavy atom. The molecule has 7 heteroatoms. The maximum Gasteiger partial charge on any atom is 0.256 e. The molecule has 0 unspecified atom stereocenters. The molecule has 2 aromatic rings. The van der Waals surface area contributed by atoms with Crippen LogP contribution in [0.15, 0.2) is 35.4 Å². The summed E-state index contributed by atoms with van der Waals surface area (Å²) in [6, 6.07) is 5.73. The van der Waals surface area contributed by atoms with Crippen LogP contribution in [0.25, 0.3) is 11.3 Å². The Labute approximate surface area is 143 Å². The zero-order valence-electron chi connectivity index (χ0n) is 12.9. The molecule has 124 valence electrons. The lowest BCUT2D eigenvalue weighted by Gasteiger charge is -2.18. The van der Waals surface area contributed by atoms with E-state index < -0.39 is 0 Å². The summed E-state index contributed by atoms with van der Waals surface area (Å²) in [5.41, 5.74) is 2.37. The number of ether oxygens (including phenoxy) is 3. The van der Waals surface area contributed by atoms with Gasteiger partial charge in [-0.25, -0.2) is 4.98 Å². The van der Waals surface area contributed by atoms with Crippen molar-refractivity contribution in [2.75, 3.05) is 25.1 Å². The normalized spacial score (nSPS) is 16.1. The predicted molar refractivity (Wildman–Crippen MR) is 90.4 cm³/mol. The number of nitrogens with one attached hydrogen (secondary N) is 1. The third kappa shape index (κ3) is 3.07. The van der Waals surface area contributed by atoms with Crippen LogP contribution in [0.4, 0.5) is 5.13 Å². The second-order valence-corrected chi connectivity index (χ2v) is 6.33. The highest BCUT2D eigenvalue weighted by atomic mass is 32.1. The first-order valence-electron chi connectivity index (χ1n) is 7.77. The second-order valence-electron chi connectivity index (χ2n) is 5.47. The van der Waals surface area contributed by atoms with Gasteiger partial charge in [0.15, 0.2) is 16.6 Å². The van der Waals surface area contributed by atoms with Crippen molar-refractivity contribution in [3.8, 4) is 22.8 Å². The molecule has 1 aromatic heterocycles. The van der Waals surface area contributed by atoms with E-state index in [-0.39, 0.29) is 5.91 Å². The Kier molecular flexibility index (Phi) is 4.08. The number of aromatic nitrogens is 1. The molecule has 0 bridgehead atoms. The van der Waals surface area contributed by atoms with E-state index in [1.165, 1.54) is 17.6 Å². The van der Waals surface area contributed by atoms with E-state index in [1.54, 1.807) is 0 Å². The molecule has 0 radical (unpaired) electrons. The molecule has 0 spiro atoms. The van der Waals surface area contributed by atoms with Crippen LogP contribution in [-0.4, -0.2) is 30.7 Å². The average Bonchev–Trinajstić information content (AvgIpc) is 3.10. The van der Waals surface area contributed by atoms with Crippen LogP contribution in [0.3, 0.4) is 0 Å². The maximum absolute atomic E-state index is 12.2. The summed E-state index contributed by atoms with van der Waals surface area (Å²) in [4.78, 5) is 16.7. The van der Waals surface area contributed by atoms with Crippen molar-refractivity contribution in [2.24, 2.45) is 0 Å². The lowest BCUT2D eigenvalue weighted by Crippen LogP contribution is -2.17. The quantitative estimate of drug-likeness (QED) is 0.926. The molecule has 2 aliphatic heterocycles. The van der Waals surface area contributed by atoms with Crippen LogP contribution in [0.2, 0.25) is 0 Å². The van der Waals surface area contributed by atoms with Crippen molar-refractivity contribution in [3.05, 3.63) is 35.4 Å². The van der Waals surface area contributed by atoms with Gasteiger partial charge < -0.3 is 14.2 Å². The molecular weight excluding hydrogens is 328 g/mol. The first-order valence-corrected chi connectivity index (χ1v) is 8.65. The largest absolute Gasteiger partial charge is 0.501 e. The van der Waals surface area contributed by atoms with Gasteiger partial charge in [-0.1, -0.05) is 0 Å².